The molecule has 0 radical (unpaired) electrons. The highest BCUT2D eigenvalue weighted by atomic mass is 32.2. The summed E-state index contributed by atoms with van der Waals surface area (Å²) in [5.41, 5.74) is 2.98. The van der Waals surface area contributed by atoms with Crippen LogP contribution in [-0.2, 0) is 10.5 Å². The van der Waals surface area contributed by atoms with Crippen molar-refractivity contribution in [2.45, 2.75) is 36.3 Å². The highest BCUT2D eigenvalue weighted by molar-refractivity contribution is 8.00. The van der Waals surface area contributed by atoms with Crippen molar-refractivity contribution >= 4 is 34.9 Å². The van der Waals surface area contributed by atoms with Crippen LogP contribution < -0.4 is 0 Å². The number of amides is 2. The Morgan fingerprint density at radius 1 is 0.968 bits per heavy atom. The van der Waals surface area contributed by atoms with Crippen molar-refractivity contribution < 1.29 is 9.59 Å². The van der Waals surface area contributed by atoms with Gasteiger partial charge in [0.05, 0.1) is 6.54 Å². The molecule has 1 aromatic heterocycles. The smallest absolute Gasteiger partial charge is 0.253 e. The highest BCUT2D eigenvalue weighted by Gasteiger charge is 2.25. The van der Waals surface area contributed by atoms with Crippen LogP contribution in [0.4, 0.5) is 0 Å². The quantitative estimate of drug-likeness (QED) is 0.620. The van der Waals surface area contributed by atoms with E-state index in [1.54, 1.807) is 23.1 Å². The first-order chi connectivity index (χ1) is 15.1. The van der Waals surface area contributed by atoms with E-state index in [0.29, 0.717) is 19.6 Å². The number of likely N-dealkylation sites (tertiary alicyclic amines) is 1. The minimum Gasteiger partial charge on any atom is -0.342 e. The van der Waals surface area contributed by atoms with E-state index in [2.05, 4.69) is 15.3 Å². The van der Waals surface area contributed by atoms with Gasteiger partial charge in [0.1, 0.15) is 4.34 Å². The molecular weight excluding hydrogens is 428 g/mol. The Hall–Kier alpha value is -1.90. The fourth-order valence-corrected chi connectivity index (χ4v) is 5.82. The summed E-state index contributed by atoms with van der Waals surface area (Å²) in [6, 6.07) is 7.93. The summed E-state index contributed by atoms with van der Waals surface area (Å²) in [6.07, 6.45) is 3.47. The summed E-state index contributed by atoms with van der Waals surface area (Å²) < 4.78 is 1.08. The Balaban J connectivity index is 1.23. The fraction of sp³-hybridized carbons (Fsp3) is 0.522. The van der Waals surface area contributed by atoms with E-state index >= 15 is 0 Å². The number of carbonyl (C=O) groups is 2. The number of piperidine rings is 1. The molecular formula is C23H30N4O2S2. The molecule has 0 saturated carbocycles. The van der Waals surface area contributed by atoms with E-state index in [9.17, 15) is 9.59 Å². The number of hydrogen-bond acceptors (Lipinski definition) is 6. The van der Waals surface area contributed by atoms with Gasteiger partial charge in [-0.2, -0.15) is 0 Å². The standard InChI is InChI=1S/C23H30N4O2S2/c1-18-16-30-23(24-18)31-17-19-5-7-20(8-6-19)22(29)27-13-11-25(12-14-27)15-21(28)26-9-3-2-4-10-26/h5-8,16H,2-4,9-15,17H2,1H3. The van der Waals surface area contributed by atoms with Crippen LogP contribution in [0.15, 0.2) is 34.0 Å². The Morgan fingerprint density at radius 3 is 2.32 bits per heavy atom. The lowest BCUT2D eigenvalue weighted by Gasteiger charge is -2.36. The lowest BCUT2D eigenvalue weighted by atomic mass is 10.1. The van der Waals surface area contributed by atoms with Crippen molar-refractivity contribution in [1.82, 2.24) is 19.7 Å². The van der Waals surface area contributed by atoms with Gasteiger partial charge in [-0.1, -0.05) is 23.9 Å². The lowest BCUT2D eigenvalue weighted by molar-refractivity contribution is -0.133. The second kappa shape index (κ2) is 10.6. The van der Waals surface area contributed by atoms with Crippen LogP contribution in [-0.4, -0.2) is 77.3 Å². The second-order valence-corrected chi connectivity index (χ2v) is 10.3. The topological polar surface area (TPSA) is 56.8 Å². The zero-order valence-corrected chi connectivity index (χ0v) is 19.7. The van der Waals surface area contributed by atoms with Crippen LogP contribution in [0.3, 0.4) is 0 Å². The van der Waals surface area contributed by atoms with E-state index in [-0.39, 0.29) is 11.8 Å². The molecule has 1 aromatic carbocycles. The summed E-state index contributed by atoms with van der Waals surface area (Å²) in [5, 5.41) is 2.06. The minimum atomic E-state index is 0.0803. The van der Waals surface area contributed by atoms with Gasteiger partial charge in [0.15, 0.2) is 0 Å². The average molecular weight is 459 g/mol. The number of aromatic nitrogens is 1. The molecule has 0 N–H and O–H groups in total. The summed E-state index contributed by atoms with van der Waals surface area (Å²) >= 11 is 3.40. The second-order valence-electron chi connectivity index (χ2n) is 8.25. The first-order valence-electron chi connectivity index (χ1n) is 11.0. The number of benzene rings is 1. The number of carbonyl (C=O) groups excluding carboxylic acids is 2. The third-order valence-electron chi connectivity index (χ3n) is 5.89. The Bertz CT molecular complexity index is 885. The van der Waals surface area contributed by atoms with E-state index in [1.807, 2.05) is 41.0 Å². The van der Waals surface area contributed by atoms with Crippen molar-refractivity contribution in [3.8, 4) is 0 Å². The highest BCUT2D eigenvalue weighted by Crippen LogP contribution is 2.26. The SMILES string of the molecule is Cc1csc(SCc2ccc(C(=O)N3CCN(CC(=O)N4CCCCC4)CC3)cc2)n1. The average Bonchev–Trinajstić information content (AvgIpc) is 3.24. The molecule has 6 nitrogen and oxygen atoms in total. The maximum Gasteiger partial charge on any atom is 0.253 e. The lowest BCUT2D eigenvalue weighted by Crippen LogP contribution is -2.52. The number of nitrogens with zero attached hydrogens (tertiary/aromatic N) is 4. The Labute approximate surface area is 192 Å². The fourth-order valence-electron chi connectivity index (χ4n) is 4.01. The van der Waals surface area contributed by atoms with Gasteiger partial charge in [-0.05, 0) is 43.9 Å². The molecule has 0 unspecified atom stereocenters. The van der Waals surface area contributed by atoms with Crippen LogP contribution in [0, 0.1) is 6.92 Å². The molecule has 31 heavy (non-hydrogen) atoms. The monoisotopic (exact) mass is 458 g/mol. The van der Waals surface area contributed by atoms with Crippen LogP contribution in [0.5, 0.6) is 0 Å². The van der Waals surface area contributed by atoms with E-state index in [0.717, 1.165) is 60.4 Å². The molecule has 2 amide bonds. The molecule has 4 rings (SSSR count). The van der Waals surface area contributed by atoms with Crippen LogP contribution in [0.25, 0.3) is 0 Å². The number of thiazole rings is 1. The van der Waals surface area contributed by atoms with Crippen molar-refractivity contribution in [2.24, 2.45) is 0 Å². The van der Waals surface area contributed by atoms with E-state index in [1.165, 1.54) is 12.0 Å². The molecule has 3 heterocycles. The molecule has 0 atom stereocenters. The van der Waals surface area contributed by atoms with Gasteiger partial charge in [-0.15, -0.1) is 11.3 Å². The third kappa shape index (κ3) is 6.08. The first-order valence-corrected chi connectivity index (χ1v) is 12.9. The summed E-state index contributed by atoms with van der Waals surface area (Å²) in [7, 11) is 0. The van der Waals surface area contributed by atoms with Crippen molar-refractivity contribution in [3.63, 3.8) is 0 Å². The summed E-state index contributed by atoms with van der Waals surface area (Å²) in [4.78, 5) is 35.9. The number of aryl methyl sites for hydroxylation is 1. The number of hydrogen-bond donors (Lipinski definition) is 0. The van der Waals surface area contributed by atoms with Gasteiger partial charge in [-0.3, -0.25) is 14.5 Å². The normalized spacial score (nSPS) is 17.7. The maximum absolute atomic E-state index is 12.9. The van der Waals surface area contributed by atoms with Gasteiger partial charge in [0.25, 0.3) is 5.91 Å². The van der Waals surface area contributed by atoms with Crippen LogP contribution in [0.1, 0.15) is 40.9 Å². The molecule has 166 valence electrons. The zero-order chi connectivity index (χ0) is 21.6. The number of piperazine rings is 1. The van der Waals surface area contributed by atoms with Crippen LogP contribution >= 0.6 is 23.1 Å². The van der Waals surface area contributed by atoms with Crippen molar-refractivity contribution in [3.05, 3.63) is 46.5 Å². The molecule has 8 heteroatoms. The molecule has 2 aliphatic heterocycles. The molecule has 2 aliphatic rings. The van der Waals surface area contributed by atoms with Gasteiger partial charge >= 0.3 is 0 Å². The van der Waals surface area contributed by atoms with Gasteiger partial charge < -0.3 is 9.80 Å². The predicted octanol–water partition coefficient (Wildman–Crippen LogP) is 3.51. The minimum absolute atomic E-state index is 0.0803. The molecule has 0 spiro atoms. The number of rotatable bonds is 6. The zero-order valence-electron chi connectivity index (χ0n) is 18.1. The maximum atomic E-state index is 12.9. The van der Waals surface area contributed by atoms with Crippen LogP contribution in [0.2, 0.25) is 0 Å². The van der Waals surface area contributed by atoms with E-state index < -0.39 is 0 Å². The molecule has 0 aliphatic carbocycles. The van der Waals surface area contributed by atoms with Crippen molar-refractivity contribution in [2.75, 3.05) is 45.8 Å². The predicted molar refractivity (Wildman–Crippen MR) is 126 cm³/mol. The van der Waals surface area contributed by atoms with Gasteiger partial charge in [0, 0.05) is 61.7 Å². The van der Waals surface area contributed by atoms with Crippen molar-refractivity contribution in [1.29, 1.82) is 0 Å². The number of thioether (sulfide) groups is 1. The molecule has 2 saturated heterocycles. The molecule has 0 bridgehead atoms. The largest absolute Gasteiger partial charge is 0.342 e. The summed E-state index contributed by atoms with van der Waals surface area (Å²) in [6.45, 7) is 7.14. The third-order valence-corrected chi connectivity index (χ3v) is 8.10. The molecule has 2 aromatic rings. The van der Waals surface area contributed by atoms with E-state index in [4.69, 9.17) is 0 Å². The first kappa shape index (κ1) is 22.3. The molecule has 2 fully saturated rings. The van der Waals surface area contributed by atoms with Gasteiger partial charge in [0.2, 0.25) is 5.91 Å². The van der Waals surface area contributed by atoms with Gasteiger partial charge in [-0.25, -0.2) is 4.98 Å². The Kier molecular flexibility index (Phi) is 7.63. The summed E-state index contributed by atoms with van der Waals surface area (Å²) in [5.74, 6) is 1.17. The Morgan fingerprint density at radius 2 is 1.68 bits per heavy atom.